The van der Waals surface area contributed by atoms with E-state index in [1.807, 2.05) is 12.1 Å². The third kappa shape index (κ3) is 2.70. The Balaban J connectivity index is 2.21. The summed E-state index contributed by atoms with van der Waals surface area (Å²) in [5.41, 5.74) is 12.7. The molecule has 0 atom stereocenters. The van der Waals surface area contributed by atoms with Crippen molar-refractivity contribution in [2.24, 2.45) is 5.73 Å². The number of anilines is 2. The van der Waals surface area contributed by atoms with Crippen LogP contribution in [0.15, 0.2) is 24.3 Å². The number of nitrogens with two attached hydrogens (primary N) is 2. The topological polar surface area (TPSA) is 72.4 Å². The van der Waals surface area contributed by atoms with E-state index in [2.05, 4.69) is 0 Å². The van der Waals surface area contributed by atoms with Crippen LogP contribution in [0, 0.1) is 0 Å². The van der Waals surface area contributed by atoms with Gasteiger partial charge in [0.15, 0.2) is 0 Å². The molecular weight excluding hydrogens is 214 g/mol. The lowest BCUT2D eigenvalue weighted by atomic mass is 9.94. The Morgan fingerprint density at radius 2 is 1.71 bits per heavy atom. The molecule has 1 aromatic rings. The number of nitrogens with zero attached hydrogens (tertiary/aromatic N) is 1. The van der Waals surface area contributed by atoms with Crippen molar-refractivity contribution in [3.63, 3.8) is 0 Å². The predicted molar refractivity (Wildman–Crippen MR) is 69.8 cm³/mol. The van der Waals surface area contributed by atoms with Gasteiger partial charge in [-0.25, -0.2) is 4.79 Å². The number of nitrogen functional groups attached to an aromatic ring is 1. The molecule has 1 aliphatic rings. The molecule has 17 heavy (non-hydrogen) atoms. The van der Waals surface area contributed by atoms with E-state index in [4.69, 9.17) is 11.5 Å². The quantitative estimate of drug-likeness (QED) is 0.770. The van der Waals surface area contributed by atoms with E-state index < -0.39 is 0 Å². The fourth-order valence-electron chi connectivity index (χ4n) is 2.49. The van der Waals surface area contributed by atoms with Crippen molar-refractivity contribution in [2.75, 3.05) is 10.6 Å². The number of urea groups is 1. The van der Waals surface area contributed by atoms with Gasteiger partial charge in [-0.05, 0) is 37.1 Å². The summed E-state index contributed by atoms with van der Waals surface area (Å²) in [6.45, 7) is 0. The summed E-state index contributed by atoms with van der Waals surface area (Å²) in [4.78, 5) is 13.3. The van der Waals surface area contributed by atoms with Gasteiger partial charge >= 0.3 is 6.03 Å². The fourth-order valence-corrected chi connectivity index (χ4v) is 2.49. The minimum atomic E-state index is -0.373. The maximum absolute atomic E-state index is 11.6. The molecule has 4 N–H and O–H groups in total. The highest BCUT2D eigenvalue weighted by molar-refractivity contribution is 5.91. The van der Waals surface area contributed by atoms with Crippen molar-refractivity contribution >= 4 is 17.4 Å². The molecule has 1 saturated carbocycles. The van der Waals surface area contributed by atoms with Crippen LogP contribution in [0.3, 0.4) is 0 Å². The summed E-state index contributed by atoms with van der Waals surface area (Å²) in [6, 6.07) is 7.18. The number of hydrogen-bond donors (Lipinski definition) is 2. The van der Waals surface area contributed by atoms with Gasteiger partial charge in [0, 0.05) is 17.4 Å². The van der Waals surface area contributed by atoms with Gasteiger partial charge in [0.05, 0.1) is 0 Å². The first-order chi connectivity index (χ1) is 8.18. The number of carbonyl (C=O) groups excluding carboxylic acids is 1. The van der Waals surface area contributed by atoms with Crippen LogP contribution in [0.25, 0.3) is 0 Å². The highest BCUT2D eigenvalue weighted by atomic mass is 16.2. The first-order valence-corrected chi connectivity index (χ1v) is 6.12. The van der Waals surface area contributed by atoms with Crippen LogP contribution in [-0.4, -0.2) is 12.1 Å². The Kier molecular flexibility index (Phi) is 3.52. The van der Waals surface area contributed by atoms with E-state index in [-0.39, 0.29) is 12.1 Å². The molecule has 4 nitrogen and oxygen atoms in total. The van der Waals surface area contributed by atoms with Crippen molar-refractivity contribution in [1.29, 1.82) is 0 Å². The Morgan fingerprint density at radius 1 is 1.12 bits per heavy atom. The molecule has 2 amide bonds. The Hall–Kier alpha value is -1.71. The molecule has 0 heterocycles. The van der Waals surface area contributed by atoms with E-state index in [1.165, 1.54) is 19.3 Å². The number of benzene rings is 1. The molecule has 1 aromatic carbocycles. The largest absolute Gasteiger partial charge is 0.399 e. The molecule has 92 valence electrons. The van der Waals surface area contributed by atoms with Gasteiger partial charge in [0.1, 0.15) is 0 Å². The Bertz CT molecular complexity index is 382. The number of carbonyl (C=O) groups is 1. The summed E-state index contributed by atoms with van der Waals surface area (Å²) in [7, 11) is 0. The van der Waals surface area contributed by atoms with E-state index in [0.29, 0.717) is 5.69 Å². The Labute approximate surface area is 102 Å². The second-order valence-corrected chi connectivity index (χ2v) is 4.59. The zero-order valence-corrected chi connectivity index (χ0v) is 9.93. The standard InChI is InChI=1S/C13H19N3O/c14-10-6-8-12(9-7-10)16(13(15)17)11-4-2-1-3-5-11/h6-9,11H,1-5,14H2,(H2,15,17). The predicted octanol–water partition coefficient (Wildman–Crippen LogP) is 2.49. The highest BCUT2D eigenvalue weighted by Crippen LogP contribution is 2.27. The molecule has 0 unspecified atom stereocenters. The van der Waals surface area contributed by atoms with Crippen molar-refractivity contribution in [1.82, 2.24) is 0 Å². The summed E-state index contributed by atoms with van der Waals surface area (Å²) >= 11 is 0. The average Bonchev–Trinajstić information content (AvgIpc) is 2.33. The van der Waals surface area contributed by atoms with Crippen LogP contribution in [0.1, 0.15) is 32.1 Å². The minimum Gasteiger partial charge on any atom is -0.399 e. The summed E-state index contributed by atoms with van der Waals surface area (Å²) < 4.78 is 0. The van der Waals surface area contributed by atoms with Gasteiger partial charge in [-0.15, -0.1) is 0 Å². The summed E-state index contributed by atoms with van der Waals surface area (Å²) in [5, 5.41) is 0. The smallest absolute Gasteiger partial charge is 0.319 e. The SMILES string of the molecule is NC(=O)N(c1ccc(N)cc1)C1CCCCC1. The van der Waals surface area contributed by atoms with Crippen molar-refractivity contribution in [3.8, 4) is 0 Å². The molecule has 4 heteroatoms. The summed E-state index contributed by atoms with van der Waals surface area (Å²) in [5.74, 6) is 0. The van der Waals surface area contributed by atoms with Crippen LogP contribution in [0.5, 0.6) is 0 Å². The Morgan fingerprint density at radius 3 is 2.24 bits per heavy atom. The molecular formula is C13H19N3O. The van der Waals surface area contributed by atoms with Crippen molar-refractivity contribution in [3.05, 3.63) is 24.3 Å². The lowest BCUT2D eigenvalue weighted by Gasteiger charge is -2.33. The molecule has 1 fully saturated rings. The zero-order valence-electron chi connectivity index (χ0n) is 9.93. The highest BCUT2D eigenvalue weighted by Gasteiger charge is 2.24. The second-order valence-electron chi connectivity index (χ2n) is 4.59. The fraction of sp³-hybridized carbons (Fsp3) is 0.462. The van der Waals surface area contributed by atoms with Gasteiger partial charge in [0.2, 0.25) is 0 Å². The van der Waals surface area contributed by atoms with E-state index in [9.17, 15) is 4.79 Å². The molecule has 1 aliphatic carbocycles. The van der Waals surface area contributed by atoms with E-state index >= 15 is 0 Å². The normalized spacial score (nSPS) is 16.7. The third-order valence-electron chi connectivity index (χ3n) is 3.35. The van der Waals surface area contributed by atoms with E-state index in [1.54, 1.807) is 17.0 Å². The van der Waals surface area contributed by atoms with Crippen LogP contribution in [-0.2, 0) is 0 Å². The maximum Gasteiger partial charge on any atom is 0.319 e. The average molecular weight is 233 g/mol. The van der Waals surface area contributed by atoms with Gasteiger partial charge in [-0.2, -0.15) is 0 Å². The third-order valence-corrected chi connectivity index (χ3v) is 3.35. The monoisotopic (exact) mass is 233 g/mol. The van der Waals surface area contributed by atoms with Gasteiger partial charge < -0.3 is 11.5 Å². The van der Waals surface area contributed by atoms with Gasteiger partial charge in [-0.3, -0.25) is 4.90 Å². The zero-order chi connectivity index (χ0) is 12.3. The first-order valence-electron chi connectivity index (χ1n) is 6.12. The molecule has 0 aromatic heterocycles. The summed E-state index contributed by atoms with van der Waals surface area (Å²) in [6.07, 6.45) is 5.66. The molecule has 0 saturated heterocycles. The lowest BCUT2D eigenvalue weighted by molar-refractivity contribution is 0.249. The van der Waals surface area contributed by atoms with Crippen LogP contribution in [0.4, 0.5) is 16.2 Å². The minimum absolute atomic E-state index is 0.241. The molecule has 0 aliphatic heterocycles. The number of rotatable bonds is 2. The van der Waals surface area contributed by atoms with Crippen LogP contribution < -0.4 is 16.4 Å². The number of amides is 2. The van der Waals surface area contributed by atoms with Gasteiger partial charge in [-0.1, -0.05) is 19.3 Å². The molecule has 0 spiro atoms. The first kappa shape index (κ1) is 11.8. The second kappa shape index (κ2) is 5.08. The van der Waals surface area contributed by atoms with Crippen LogP contribution >= 0.6 is 0 Å². The molecule has 0 radical (unpaired) electrons. The lowest BCUT2D eigenvalue weighted by Crippen LogP contribution is -2.44. The number of primary amides is 1. The van der Waals surface area contributed by atoms with E-state index in [0.717, 1.165) is 18.5 Å². The maximum atomic E-state index is 11.6. The number of hydrogen-bond acceptors (Lipinski definition) is 2. The molecule has 0 bridgehead atoms. The van der Waals surface area contributed by atoms with Gasteiger partial charge in [0.25, 0.3) is 0 Å². The molecule has 2 rings (SSSR count). The van der Waals surface area contributed by atoms with Crippen LogP contribution in [0.2, 0.25) is 0 Å². The van der Waals surface area contributed by atoms with Crippen molar-refractivity contribution in [2.45, 2.75) is 38.1 Å². The van der Waals surface area contributed by atoms with Crippen molar-refractivity contribution < 1.29 is 4.79 Å².